The van der Waals surface area contributed by atoms with Crippen LogP contribution in [0.1, 0.15) is 29.0 Å². The van der Waals surface area contributed by atoms with Crippen molar-refractivity contribution in [2.24, 2.45) is 0 Å². The van der Waals surface area contributed by atoms with Crippen LogP contribution >= 0.6 is 11.3 Å². The molecule has 3 heteroatoms. The third-order valence-electron chi connectivity index (χ3n) is 3.07. The van der Waals surface area contributed by atoms with E-state index in [1.165, 1.54) is 16.0 Å². The standard InChI is InChI=1S/C15H19NOS/c1-4-16-15(12-9-10-18-11(12)2)13-7-5-6-8-14(13)17-3/h5-10,15-16H,4H2,1-3H3. The second-order valence-electron chi connectivity index (χ2n) is 4.16. The number of ether oxygens (including phenoxy) is 1. The van der Waals surface area contributed by atoms with Gasteiger partial charge in [-0.05, 0) is 36.5 Å². The molecule has 1 unspecified atom stereocenters. The molecule has 2 nitrogen and oxygen atoms in total. The minimum atomic E-state index is 0.206. The second kappa shape index (κ2) is 6.03. The number of hydrogen-bond donors (Lipinski definition) is 1. The van der Waals surface area contributed by atoms with Crippen molar-refractivity contribution in [3.8, 4) is 5.75 Å². The smallest absolute Gasteiger partial charge is 0.123 e. The lowest BCUT2D eigenvalue weighted by molar-refractivity contribution is 0.404. The molecule has 0 radical (unpaired) electrons. The summed E-state index contributed by atoms with van der Waals surface area (Å²) in [5, 5.41) is 5.69. The van der Waals surface area contributed by atoms with Crippen LogP contribution in [0, 0.1) is 6.92 Å². The summed E-state index contributed by atoms with van der Waals surface area (Å²) in [5.41, 5.74) is 2.54. The molecule has 1 atom stereocenters. The third kappa shape index (κ3) is 2.57. The van der Waals surface area contributed by atoms with E-state index in [0.29, 0.717) is 0 Å². The number of benzene rings is 1. The highest BCUT2D eigenvalue weighted by Crippen LogP contribution is 2.33. The predicted octanol–water partition coefficient (Wildman–Crippen LogP) is 3.76. The summed E-state index contributed by atoms with van der Waals surface area (Å²) in [6.45, 7) is 5.22. The summed E-state index contributed by atoms with van der Waals surface area (Å²) < 4.78 is 5.47. The Labute approximate surface area is 113 Å². The Morgan fingerprint density at radius 1 is 1.22 bits per heavy atom. The minimum Gasteiger partial charge on any atom is -0.496 e. The molecule has 2 aromatic rings. The molecule has 2 rings (SSSR count). The molecule has 0 amide bonds. The Kier molecular flexibility index (Phi) is 4.39. The van der Waals surface area contributed by atoms with Gasteiger partial charge in [-0.2, -0.15) is 0 Å². The van der Waals surface area contributed by atoms with Crippen LogP contribution in [0.2, 0.25) is 0 Å². The molecule has 0 fully saturated rings. The van der Waals surface area contributed by atoms with Gasteiger partial charge in [0.1, 0.15) is 5.75 Å². The van der Waals surface area contributed by atoms with E-state index in [9.17, 15) is 0 Å². The molecule has 1 aromatic heterocycles. The van der Waals surface area contributed by atoms with E-state index < -0.39 is 0 Å². The monoisotopic (exact) mass is 261 g/mol. The first-order chi connectivity index (χ1) is 8.77. The van der Waals surface area contributed by atoms with Crippen molar-refractivity contribution in [1.82, 2.24) is 5.32 Å². The van der Waals surface area contributed by atoms with Crippen molar-refractivity contribution in [2.75, 3.05) is 13.7 Å². The van der Waals surface area contributed by atoms with Crippen LogP contribution in [-0.2, 0) is 0 Å². The van der Waals surface area contributed by atoms with Crippen molar-refractivity contribution in [3.63, 3.8) is 0 Å². The van der Waals surface area contributed by atoms with Crippen LogP contribution in [0.25, 0.3) is 0 Å². The van der Waals surface area contributed by atoms with Gasteiger partial charge in [-0.25, -0.2) is 0 Å². The van der Waals surface area contributed by atoms with Crippen LogP contribution in [0.15, 0.2) is 35.7 Å². The number of para-hydroxylation sites is 1. The lowest BCUT2D eigenvalue weighted by atomic mass is 9.98. The van der Waals surface area contributed by atoms with Gasteiger partial charge in [0.2, 0.25) is 0 Å². The van der Waals surface area contributed by atoms with Crippen molar-refractivity contribution >= 4 is 11.3 Å². The van der Waals surface area contributed by atoms with Crippen LogP contribution < -0.4 is 10.1 Å². The van der Waals surface area contributed by atoms with Gasteiger partial charge < -0.3 is 10.1 Å². The molecular formula is C15H19NOS. The van der Waals surface area contributed by atoms with Gasteiger partial charge >= 0.3 is 0 Å². The molecule has 0 aliphatic rings. The van der Waals surface area contributed by atoms with Crippen LogP contribution in [-0.4, -0.2) is 13.7 Å². The molecule has 18 heavy (non-hydrogen) atoms. The van der Waals surface area contributed by atoms with Crippen molar-refractivity contribution in [2.45, 2.75) is 19.9 Å². The molecule has 0 bridgehead atoms. The molecular weight excluding hydrogens is 242 g/mol. The van der Waals surface area contributed by atoms with E-state index in [1.54, 1.807) is 18.4 Å². The Morgan fingerprint density at radius 3 is 2.61 bits per heavy atom. The van der Waals surface area contributed by atoms with Crippen molar-refractivity contribution in [3.05, 3.63) is 51.7 Å². The fourth-order valence-corrected chi connectivity index (χ4v) is 2.93. The zero-order chi connectivity index (χ0) is 13.0. The first kappa shape index (κ1) is 13.1. The highest BCUT2D eigenvalue weighted by atomic mass is 32.1. The van der Waals surface area contributed by atoms with Gasteiger partial charge in [0.15, 0.2) is 0 Å². The van der Waals surface area contributed by atoms with Gasteiger partial charge in [0.25, 0.3) is 0 Å². The first-order valence-electron chi connectivity index (χ1n) is 6.18. The molecule has 0 saturated carbocycles. The molecule has 1 heterocycles. The van der Waals surface area contributed by atoms with Crippen LogP contribution in [0.4, 0.5) is 0 Å². The Hall–Kier alpha value is -1.32. The largest absolute Gasteiger partial charge is 0.496 e. The van der Waals surface area contributed by atoms with Gasteiger partial charge in [-0.3, -0.25) is 0 Å². The summed E-state index contributed by atoms with van der Waals surface area (Å²) in [6, 6.07) is 10.6. The lowest BCUT2D eigenvalue weighted by Gasteiger charge is -2.21. The third-order valence-corrected chi connectivity index (χ3v) is 3.93. The maximum Gasteiger partial charge on any atom is 0.123 e. The molecule has 0 aliphatic carbocycles. The number of rotatable bonds is 5. The van der Waals surface area contributed by atoms with Crippen LogP contribution in [0.5, 0.6) is 5.75 Å². The summed E-state index contributed by atoms with van der Waals surface area (Å²) in [4.78, 5) is 1.35. The molecule has 1 N–H and O–H groups in total. The number of nitrogens with one attached hydrogen (secondary N) is 1. The summed E-state index contributed by atoms with van der Waals surface area (Å²) in [6.07, 6.45) is 0. The van der Waals surface area contributed by atoms with E-state index in [4.69, 9.17) is 4.74 Å². The number of aryl methyl sites for hydroxylation is 1. The summed E-state index contributed by atoms with van der Waals surface area (Å²) >= 11 is 1.79. The zero-order valence-electron chi connectivity index (χ0n) is 11.1. The predicted molar refractivity (Wildman–Crippen MR) is 77.6 cm³/mol. The van der Waals surface area contributed by atoms with E-state index in [1.807, 2.05) is 12.1 Å². The van der Waals surface area contributed by atoms with Gasteiger partial charge in [0, 0.05) is 10.4 Å². The minimum absolute atomic E-state index is 0.206. The molecule has 0 aliphatic heterocycles. The molecule has 1 aromatic carbocycles. The SMILES string of the molecule is CCNC(c1ccccc1OC)c1ccsc1C. The highest BCUT2D eigenvalue weighted by Gasteiger charge is 2.19. The maximum atomic E-state index is 5.47. The van der Waals surface area contributed by atoms with E-state index in [-0.39, 0.29) is 6.04 Å². The second-order valence-corrected chi connectivity index (χ2v) is 5.29. The van der Waals surface area contributed by atoms with Gasteiger partial charge in [0.05, 0.1) is 13.2 Å². The maximum absolute atomic E-state index is 5.47. The van der Waals surface area contributed by atoms with E-state index in [0.717, 1.165) is 12.3 Å². The molecule has 0 saturated heterocycles. The van der Waals surface area contributed by atoms with Crippen LogP contribution in [0.3, 0.4) is 0 Å². The molecule has 96 valence electrons. The average Bonchev–Trinajstić information content (AvgIpc) is 2.82. The quantitative estimate of drug-likeness (QED) is 0.884. The number of hydrogen-bond acceptors (Lipinski definition) is 3. The number of thiophene rings is 1. The summed E-state index contributed by atoms with van der Waals surface area (Å²) in [5.74, 6) is 0.939. The van der Waals surface area contributed by atoms with E-state index >= 15 is 0 Å². The van der Waals surface area contributed by atoms with Gasteiger partial charge in [-0.1, -0.05) is 25.1 Å². The summed E-state index contributed by atoms with van der Waals surface area (Å²) in [7, 11) is 1.72. The van der Waals surface area contributed by atoms with Gasteiger partial charge in [-0.15, -0.1) is 11.3 Å². The fourth-order valence-electron chi connectivity index (χ4n) is 2.19. The average molecular weight is 261 g/mol. The zero-order valence-corrected chi connectivity index (χ0v) is 11.9. The molecule has 0 spiro atoms. The highest BCUT2D eigenvalue weighted by molar-refractivity contribution is 7.10. The Bertz CT molecular complexity index is 507. The Morgan fingerprint density at radius 2 is 2.00 bits per heavy atom. The fraction of sp³-hybridized carbons (Fsp3) is 0.333. The topological polar surface area (TPSA) is 21.3 Å². The van der Waals surface area contributed by atoms with Crippen molar-refractivity contribution < 1.29 is 4.74 Å². The first-order valence-corrected chi connectivity index (χ1v) is 7.06. The number of methoxy groups -OCH3 is 1. The van der Waals surface area contributed by atoms with Crippen molar-refractivity contribution in [1.29, 1.82) is 0 Å². The Balaban J connectivity index is 2.45. The lowest BCUT2D eigenvalue weighted by Crippen LogP contribution is -2.22. The van der Waals surface area contributed by atoms with E-state index in [2.05, 4.69) is 42.7 Å². The normalized spacial score (nSPS) is 12.4.